The average molecular weight is 322 g/mol. The summed E-state index contributed by atoms with van der Waals surface area (Å²) in [5.41, 5.74) is 3.37. The van der Waals surface area contributed by atoms with Gasteiger partial charge < -0.3 is 0 Å². The third kappa shape index (κ3) is 3.35. The van der Waals surface area contributed by atoms with Crippen molar-refractivity contribution in [3.63, 3.8) is 0 Å². The molecule has 0 spiro atoms. The minimum absolute atomic E-state index is 0.793. The number of aryl methyl sites for hydroxylation is 1. The fraction of sp³-hybridized carbons (Fsp3) is 0.167. The highest BCUT2D eigenvalue weighted by Crippen LogP contribution is 2.27. The fourth-order valence-electron chi connectivity index (χ4n) is 2.30. The highest BCUT2D eigenvalue weighted by Gasteiger charge is 2.15. The largest absolute Gasteiger partial charge is 0.270 e. The van der Waals surface area contributed by atoms with Crippen LogP contribution in [-0.4, -0.2) is 25.5 Å². The minimum Gasteiger partial charge on any atom is -0.270 e. The summed E-state index contributed by atoms with van der Waals surface area (Å²) >= 11 is 1.62. The van der Waals surface area contributed by atoms with E-state index in [4.69, 9.17) is 0 Å². The first-order chi connectivity index (χ1) is 11.3. The van der Waals surface area contributed by atoms with Crippen LogP contribution >= 0.6 is 11.8 Å². The summed E-state index contributed by atoms with van der Waals surface area (Å²) in [6, 6.07) is 12.4. The molecule has 2 heterocycles. The van der Waals surface area contributed by atoms with Gasteiger partial charge in [0.05, 0.1) is 0 Å². The molecular formula is C18H18N4S. The highest BCUT2D eigenvalue weighted by atomic mass is 32.2. The maximum absolute atomic E-state index is 4.39. The smallest absolute Gasteiger partial charge is 0.196 e. The van der Waals surface area contributed by atoms with Crippen molar-refractivity contribution in [2.75, 3.05) is 5.75 Å². The quantitative estimate of drug-likeness (QED) is 0.505. The lowest BCUT2D eigenvalue weighted by molar-refractivity contribution is 0.886. The monoisotopic (exact) mass is 322 g/mol. The molecule has 2 aromatic heterocycles. The first-order valence-electron chi connectivity index (χ1n) is 7.52. The van der Waals surface area contributed by atoms with Gasteiger partial charge in [-0.3, -0.25) is 9.55 Å². The van der Waals surface area contributed by atoms with Crippen molar-refractivity contribution in [1.29, 1.82) is 0 Å². The van der Waals surface area contributed by atoms with Crippen LogP contribution in [0, 0.1) is 0 Å². The van der Waals surface area contributed by atoms with Crippen LogP contribution in [0.5, 0.6) is 0 Å². The van der Waals surface area contributed by atoms with Gasteiger partial charge in [-0.1, -0.05) is 36.9 Å². The summed E-state index contributed by atoms with van der Waals surface area (Å²) in [6.45, 7) is 5.93. The summed E-state index contributed by atoms with van der Waals surface area (Å²) < 4.78 is 2.09. The summed E-state index contributed by atoms with van der Waals surface area (Å²) in [4.78, 5) is 4.08. The van der Waals surface area contributed by atoms with E-state index in [1.807, 2.05) is 18.2 Å². The van der Waals surface area contributed by atoms with E-state index in [0.29, 0.717) is 0 Å². The van der Waals surface area contributed by atoms with Gasteiger partial charge in [0.1, 0.15) is 0 Å². The van der Waals surface area contributed by atoms with Crippen LogP contribution in [0.25, 0.3) is 17.1 Å². The summed E-state index contributed by atoms with van der Waals surface area (Å²) in [5.74, 6) is 1.62. The Morgan fingerprint density at radius 1 is 1.09 bits per heavy atom. The Labute approximate surface area is 140 Å². The number of aromatic nitrogens is 4. The molecule has 0 saturated carbocycles. The van der Waals surface area contributed by atoms with E-state index in [9.17, 15) is 0 Å². The van der Waals surface area contributed by atoms with Gasteiger partial charge in [0, 0.05) is 29.4 Å². The van der Waals surface area contributed by atoms with Crippen LogP contribution < -0.4 is 0 Å². The van der Waals surface area contributed by atoms with E-state index < -0.39 is 0 Å². The molecule has 0 aliphatic carbocycles. The van der Waals surface area contributed by atoms with E-state index in [1.54, 1.807) is 24.2 Å². The van der Waals surface area contributed by atoms with Gasteiger partial charge in [-0.15, -0.1) is 16.8 Å². The summed E-state index contributed by atoms with van der Waals surface area (Å²) in [5, 5.41) is 9.61. The molecule has 0 saturated heterocycles. The van der Waals surface area contributed by atoms with Crippen LogP contribution in [0.1, 0.15) is 12.5 Å². The lowest BCUT2D eigenvalue weighted by Gasteiger charge is -2.10. The van der Waals surface area contributed by atoms with Crippen molar-refractivity contribution in [2.24, 2.45) is 0 Å². The van der Waals surface area contributed by atoms with E-state index in [1.165, 1.54) is 5.56 Å². The zero-order valence-electron chi connectivity index (χ0n) is 13.0. The molecule has 0 unspecified atom stereocenters. The number of hydrogen-bond acceptors (Lipinski definition) is 4. The Morgan fingerprint density at radius 3 is 2.48 bits per heavy atom. The highest BCUT2D eigenvalue weighted by molar-refractivity contribution is 7.99. The number of pyridine rings is 1. The molecule has 4 nitrogen and oxygen atoms in total. The van der Waals surface area contributed by atoms with Gasteiger partial charge in [0.25, 0.3) is 0 Å². The molecule has 0 radical (unpaired) electrons. The SMILES string of the molecule is C=CCSc1nnc(-c2ccncc2)n1-c1ccc(CC)cc1. The second-order valence-corrected chi connectivity index (χ2v) is 5.98. The Hall–Kier alpha value is -2.40. The predicted octanol–water partition coefficient (Wildman–Crippen LogP) is 4.17. The second kappa shape index (κ2) is 7.24. The predicted molar refractivity (Wildman–Crippen MR) is 94.9 cm³/mol. The molecule has 0 atom stereocenters. The lowest BCUT2D eigenvalue weighted by atomic mass is 10.1. The topological polar surface area (TPSA) is 43.6 Å². The number of hydrogen-bond donors (Lipinski definition) is 0. The number of benzene rings is 1. The summed E-state index contributed by atoms with van der Waals surface area (Å²) in [7, 11) is 0. The lowest BCUT2D eigenvalue weighted by Crippen LogP contribution is -2.00. The second-order valence-electron chi connectivity index (χ2n) is 5.00. The Bertz CT molecular complexity index is 779. The molecule has 1 aromatic carbocycles. The molecule has 116 valence electrons. The maximum atomic E-state index is 4.39. The zero-order chi connectivity index (χ0) is 16.1. The first kappa shape index (κ1) is 15.5. The van der Waals surface area contributed by atoms with Crippen LogP contribution in [0.3, 0.4) is 0 Å². The Morgan fingerprint density at radius 2 is 1.83 bits per heavy atom. The van der Waals surface area contributed by atoms with Crippen molar-refractivity contribution in [1.82, 2.24) is 19.7 Å². The number of nitrogens with zero attached hydrogens (tertiary/aromatic N) is 4. The molecule has 0 fully saturated rings. The molecule has 0 bridgehead atoms. The fourth-order valence-corrected chi connectivity index (χ4v) is 2.98. The van der Waals surface area contributed by atoms with Crippen molar-refractivity contribution >= 4 is 11.8 Å². The van der Waals surface area contributed by atoms with Gasteiger partial charge in [-0.2, -0.15) is 0 Å². The van der Waals surface area contributed by atoms with Gasteiger partial charge in [0.2, 0.25) is 0 Å². The Kier molecular flexibility index (Phi) is 4.88. The first-order valence-corrected chi connectivity index (χ1v) is 8.51. The van der Waals surface area contributed by atoms with Gasteiger partial charge >= 0.3 is 0 Å². The van der Waals surface area contributed by atoms with Crippen LogP contribution in [0.4, 0.5) is 0 Å². The van der Waals surface area contributed by atoms with E-state index in [2.05, 4.69) is 57.5 Å². The maximum Gasteiger partial charge on any atom is 0.196 e. The van der Waals surface area contributed by atoms with E-state index in [0.717, 1.165) is 34.4 Å². The number of thioether (sulfide) groups is 1. The third-order valence-electron chi connectivity index (χ3n) is 3.50. The van der Waals surface area contributed by atoms with Crippen molar-refractivity contribution < 1.29 is 0 Å². The molecule has 3 rings (SSSR count). The molecule has 0 amide bonds. The van der Waals surface area contributed by atoms with E-state index in [-0.39, 0.29) is 0 Å². The molecule has 5 heteroatoms. The molecule has 0 aliphatic rings. The average Bonchev–Trinajstić information content (AvgIpc) is 3.04. The minimum atomic E-state index is 0.793. The van der Waals surface area contributed by atoms with Crippen LogP contribution in [0.15, 0.2) is 66.6 Å². The standard InChI is InChI=1S/C18H18N4S/c1-3-13-23-18-21-20-17(15-9-11-19-12-10-15)22(18)16-7-5-14(4-2)6-8-16/h3,5-12H,1,4,13H2,2H3. The number of rotatable bonds is 6. The third-order valence-corrected chi connectivity index (χ3v) is 4.43. The van der Waals surface area contributed by atoms with Gasteiger partial charge in [0.15, 0.2) is 11.0 Å². The summed E-state index contributed by atoms with van der Waals surface area (Å²) in [6.07, 6.45) is 6.43. The van der Waals surface area contributed by atoms with Gasteiger partial charge in [-0.05, 0) is 36.2 Å². The normalized spacial score (nSPS) is 10.7. The Balaban J connectivity index is 2.10. The van der Waals surface area contributed by atoms with Crippen molar-refractivity contribution in [3.05, 3.63) is 67.0 Å². The zero-order valence-corrected chi connectivity index (χ0v) is 13.8. The van der Waals surface area contributed by atoms with Crippen LogP contribution in [-0.2, 0) is 6.42 Å². The van der Waals surface area contributed by atoms with Crippen LogP contribution in [0.2, 0.25) is 0 Å². The molecule has 0 N–H and O–H groups in total. The van der Waals surface area contributed by atoms with Crippen molar-refractivity contribution in [3.8, 4) is 17.1 Å². The van der Waals surface area contributed by atoms with Gasteiger partial charge in [-0.25, -0.2) is 0 Å². The molecular weight excluding hydrogens is 304 g/mol. The molecule has 23 heavy (non-hydrogen) atoms. The van der Waals surface area contributed by atoms with Crippen molar-refractivity contribution in [2.45, 2.75) is 18.5 Å². The molecule has 3 aromatic rings. The molecule has 0 aliphatic heterocycles. The van der Waals surface area contributed by atoms with E-state index >= 15 is 0 Å².